The Kier molecular flexibility index (Phi) is 4.95. The topological polar surface area (TPSA) is 72.2 Å². The van der Waals surface area contributed by atoms with Gasteiger partial charge in [0.05, 0.1) is 21.4 Å². The van der Waals surface area contributed by atoms with Crippen molar-refractivity contribution in [2.45, 2.75) is 4.90 Å². The third kappa shape index (κ3) is 3.76. The van der Waals surface area contributed by atoms with E-state index in [0.29, 0.717) is 15.2 Å². The third-order valence-corrected chi connectivity index (χ3v) is 5.82. The summed E-state index contributed by atoms with van der Waals surface area (Å²) in [4.78, 5) is -0.223. The molecule has 0 aliphatic rings. The van der Waals surface area contributed by atoms with Gasteiger partial charge in [0.1, 0.15) is 4.90 Å². The van der Waals surface area contributed by atoms with Crippen LogP contribution in [0.3, 0.4) is 0 Å². The van der Waals surface area contributed by atoms with E-state index < -0.39 is 10.0 Å². The van der Waals surface area contributed by atoms with E-state index in [0.717, 1.165) is 0 Å². The van der Waals surface area contributed by atoms with Gasteiger partial charge >= 0.3 is 0 Å². The normalized spacial score (nSPS) is 11.4. The molecule has 0 unspecified atom stereocenters. The number of hydrogen-bond donors (Lipinski definition) is 2. The van der Waals surface area contributed by atoms with Gasteiger partial charge < -0.3 is 5.73 Å². The van der Waals surface area contributed by atoms with Crippen LogP contribution < -0.4 is 10.5 Å². The number of sulfonamides is 1. The number of hydrogen-bond acceptors (Lipinski definition) is 3. The number of anilines is 2. The lowest BCUT2D eigenvalue weighted by molar-refractivity contribution is 0.601. The molecule has 0 fully saturated rings. The number of nitrogen functional groups attached to an aromatic ring is 1. The fraction of sp³-hybridized carbons (Fsp3) is 0. The summed E-state index contributed by atoms with van der Waals surface area (Å²) in [5.41, 5.74) is 5.98. The van der Waals surface area contributed by atoms with Crippen molar-refractivity contribution in [2.24, 2.45) is 0 Å². The van der Waals surface area contributed by atoms with Gasteiger partial charge in [-0.15, -0.1) is 0 Å². The molecule has 2 rings (SSSR count). The van der Waals surface area contributed by atoms with Gasteiger partial charge in [0.2, 0.25) is 0 Å². The van der Waals surface area contributed by atoms with Gasteiger partial charge in [-0.3, -0.25) is 4.72 Å². The minimum absolute atomic E-state index is 0.0342. The molecule has 0 spiro atoms. The molecule has 9 heteroatoms. The lowest BCUT2D eigenvalue weighted by atomic mass is 10.3. The molecular weight excluding hydrogens is 422 g/mol. The summed E-state index contributed by atoms with van der Waals surface area (Å²) in [7, 11) is -3.95. The van der Waals surface area contributed by atoms with Gasteiger partial charge in [-0.25, -0.2) is 8.42 Å². The predicted octanol–water partition coefficient (Wildman–Crippen LogP) is 4.79. The number of rotatable bonds is 3. The van der Waals surface area contributed by atoms with Crippen LogP contribution in [0.15, 0.2) is 39.7 Å². The first-order valence-electron chi connectivity index (χ1n) is 5.43. The maximum absolute atomic E-state index is 12.4. The molecule has 0 bridgehead atoms. The van der Waals surface area contributed by atoms with E-state index in [1.165, 1.54) is 24.3 Å². The van der Waals surface area contributed by atoms with Gasteiger partial charge in [-0.1, -0.05) is 34.8 Å². The zero-order chi connectivity index (χ0) is 15.8. The van der Waals surface area contributed by atoms with Crippen molar-refractivity contribution in [1.29, 1.82) is 0 Å². The Morgan fingerprint density at radius 1 is 1.05 bits per heavy atom. The van der Waals surface area contributed by atoms with E-state index in [1.807, 2.05) is 0 Å². The molecule has 0 saturated heterocycles. The molecule has 0 heterocycles. The van der Waals surface area contributed by atoms with Crippen LogP contribution in [0, 0.1) is 0 Å². The summed E-state index contributed by atoms with van der Waals surface area (Å²) in [6.45, 7) is 0. The molecule has 0 radical (unpaired) electrons. The molecule has 0 amide bonds. The summed E-state index contributed by atoms with van der Waals surface area (Å²) in [5, 5.41) is 0.660. The Labute approximate surface area is 145 Å². The minimum atomic E-state index is -3.95. The van der Waals surface area contributed by atoms with Crippen molar-refractivity contribution in [1.82, 2.24) is 0 Å². The van der Waals surface area contributed by atoms with Gasteiger partial charge in [-0.05, 0) is 46.3 Å². The molecule has 4 nitrogen and oxygen atoms in total. The summed E-state index contributed by atoms with van der Waals surface area (Å²) in [5.74, 6) is 0. The summed E-state index contributed by atoms with van der Waals surface area (Å²) in [6.07, 6.45) is 0. The largest absolute Gasteiger partial charge is 0.398 e. The van der Waals surface area contributed by atoms with Gasteiger partial charge in [0, 0.05) is 9.50 Å². The number of nitrogens with two attached hydrogens (primary N) is 1. The zero-order valence-corrected chi connectivity index (χ0v) is 14.9. The number of benzene rings is 2. The van der Waals surface area contributed by atoms with E-state index in [9.17, 15) is 8.42 Å². The molecule has 0 aliphatic carbocycles. The van der Waals surface area contributed by atoms with Crippen molar-refractivity contribution in [3.63, 3.8) is 0 Å². The average molecular weight is 431 g/mol. The molecule has 0 atom stereocenters. The fourth-order valence-electron chi connectivity index (χ4n) is 1.63. The Morgan fingerprint density at radius 2 is 1.71 bits per heavy atom. The van der Waals surface area contributed by atoms with Crippen molar-refractivity contribution < 1.29 is 8.42 Å². The molecule has 112 valence electrons. The van der Waals surface area contributed by atoms with Crippen LogP contribution in [0.4, 0.5) is 11.4 Å². The van der Waals surface area contributed by atoms with Crippen molar-refractivity contribution in [3.8, 4) is 0 Å². The third-order valence-electron chi connectivity index (χ3n) is 2.48. The van der Waals surface area contributed by atoms with Crippen LogP contribution in [0.1, 0.15) is 0 Å². The van der Waals surface area contributed by atoms with Crippen LogP contribution in [0.25, 0.3) is 0 Å². The van der Waals surface area contributed by atoms with E-state index >= 15 is 0 Å². The highest BCUT2D eigenvalue weighted by atomic mass is 79.9. The minimum Gasteiger partial charge on any atom is -0.398 e. The first-order valence-corrected chi connectivity index (χ1v) is 8.84. The van der Waals surface area contributed by atoms with E-state index in [2.05, 4.69) is 20.7 Å². The zero-order valence-electron chi connectivity index (χ0n) is 10.2. The summed E-state index contributed by atoms with van der Waals surface area (Å²) < 4.78 is 27.7. The molecule has 0 aliphatic heterocycles. The van der Waals surface area contributed by atoms with Crippen LogP contribution >= 0.6 is 50.7 Å². The molecule has 0 aromatic heterocycles. The van der Waals surface area contributed by atoms with Crippen molar-refractivity contribution >= 4 is 72.1 Å². The Balaban J connectivity index is 2.46. The maximum Gasteiger partial charge on any atom is 0.265 e. The Morgan fingerprint density at radius 3 is 2.29 bits per heavy atom. The second kappa shape index (κ2) is 6.22. The molecule has 2 aromatic carbocycles. The monoisotopic (exact) mass is 428 g/mol. The lowest BCUT2D eigenvalue weighted by Crippen LogP contribution is -2.15. The summed E-state index contributed by atoms with van der Waals surface area (Å²) in [6, 6.07) is 7.23. The Hall–Kier alpha value is -0.660. The standard InChI is InChI=1S/C12H8BrCl3N2O2S/c13-8-5-7(1-2-9(8)15)18-21(19,20)12-10(16)3-6(14)4-11(12)17/h1-5,18H,17H2. The first kappa shape index (κ1) is 16.7. The molecule has 0 saturated carbocycles. The highest BCUT2D eigenvalue weighted by Crippen LogP contribution is 2.33. The second-order valence-electron chi connectivity index (χ2n) is 4.04. The summed E-state index contributed by atoms with van der Waals surface area (Å²) >= 11 is 20.8. The first-order chi connectivity index (χ1) is 9.70. The molecule has 2 aromatic rings. The smallest absolute Gasteiger partial charge is 0.265 e. The number of nitrogens with one attached hydrogen (secondary N) is 1. The lowest BCUT2D eigenvalue weighted by Gasteiger charge is -2.12. The SMILES string of the molecule is Nc1cc(Cl)cc(Cl)c1S(=O)(=O)Nc1ccc(Cl)c(Br)c1. The highest BCUT2D eigenvalue weighted by Gasteiger charge is 2.22. The van der Waals surface area contributed by atoms with E-state index in [1.54, 1.807) is 6.07 Å². The van der Waals surface area contributed by atoms with Crippen LogP contribution in [-0.2, 0) is 10.0 Å². The second-order valence-corrected chi connectivity index (χ2v) is 7.76. The Bertz CT molecular complexity index is 789. The quantitative estimate of drug-likeness (QED) is 0.688. The van der Waals surface area contributed by atoms with E-state index in [4.69, 9.17) is 40.5 Å². The molecular formula is C12H8BrCl3N2O2S. The van der Waals surface area contributed by atoms with Crippen molar-refractivity contribution in [3.05, 3.63) is 49.9 Å². The number of halogens is 4. The van der Waals surface area contributed by atoms with Gasteiger partial charge in [0.25, 0.3) is 10.0 Å². The predicted molar refractivity (Wildman–Crippen MR) is 90.8 cm³/mol. The van der Waals surface area contributed by atoms with Gasteiger partial charge in [0.15, 0.2) is 0 Å². The maximum atomic E-state index is 12.4. The van der Waals surface area contributed by atoms with Crippen LogP contribution in [0.2, 0.25) is 15.1 Å². The van der Waals surface area contributed by atoms with Crippen LogP contribution in [-0.4, -0.2) is 8.42 Å². The van der Waals surface area contributed by atoms with Crippen LogP contribution in [0.5, 0.6) is 0 Å². The average Bonchev–Trinajstić information content (AvgIpc) is 2.31. The highest BCUT2D eigenvalue weighted by molar-refractivity contribution is 9.10. The van der Waals surface area contributed by atoms with Gasteiger partial charge in [-0.2, -0.15) is 0 Å². The molecule has 21 heavy (non-hydrogen) atoms. The molecule has 3 N–H and O–H groups in total. The fourth-order valence-corrected chi connectivity index (χ4v) is 4.16. The van der Waals surface area contributed by atoms with E-state index in [-0.39, 0.29) is 20.6 Å². The van der Waals surface area contributed by atoms with Crippen molar-refractivity contribution in [2.75, 3.05) is 10.5 Å².